The number of benzene rings is 2. The highest BCUT2D eigenvalue weighted by atomic mass is 16.7. The summed E-state index contributed by atoms with van der Waals surface area (Å²) in [5.74, 6) is 0.243. The molecule has 1 aromatic heterocycles. The van der Waals surface area contributed by atoms with Crippen molar-refractivity contribution in [2.45, 2.75) is 26.8 Å². The highest BCUT2D eigenvalue weighted by Crippen LogP contribution is 2.44. The number of ketones is 1. The maximum Gasteiger partial charge on any atom is 0.300 e. The lowest BCUT2D eigenvalue weighted by molar-refractivity contribution is -0.132. The van der Waals surface area contributed by atoms with E-state index in [0.29, 0.717) is 34.3 Å². The highest BCUT2D eigenvalue weighted by Gasteiger charge is 2.48. The first-order valence-electron chi connectivity index (χ1n) is 10.2. The zero-order valence-electron chi connectivity index (χ0n) is 17.8. The first kappa shape index (κ1) is 19.9. The smallest absolute Gasteiger partial charge is 0.300 e. The van der Waals surface area contributed by atoms with Gasteiger partial charge in [-0.15, -0.1) is 0 Å². The summed E-state index contributed by atoms with van der Waals surface area (Å²) in [6.07, 6.45) is 0. The lowest BCUT2D eigenvalue weighted by atomic mass is 9.98. The molecule has 32 heavy (non-hydrogen) atoms. The number of hydrogen-bond donors (Lipinski definition) is 1. The Kier molecular flexibility index (Phi) is 4.55. The molecule has 3 aromatic rings. The van der Waals surface area contributed by atoms with Crippen molar-refractivity contribution in [3.05, 3.63) is 82.3 Å². The molecule has 0 radical (unpaired) electrons. The van der Waals surface area contributed by atoms with Gasteiger partial charge in [0.1, 0.15) is 23.3 Å². The van der Waals surface area contributed by atoms with Crippen LogP contribution in [0.4, 0.5) is 5.69 Å². The molecule has 0 aliphatic carbocycles. The van der Waals surface area contributed by atoms with Gasteiger partial charge in [-0.3, -0.25) is 14.5 Å². The van der Waals surface area contributed by atoms with E-state index in [1.165, 1.54) is 4.90 Å². The summed E-state index contributed by atoms with van der Waals surface area (Å²) in [5, 5.41) is 11.2. The Morgan fingerprint density at radius 2 is 1.75 bits per heavy atom. The van der Waals surface area contributed by atoms with Crippen molar-refractivity contribution in [2.24, 2.45) is 0 Å². The molecule has 0 saturated carbocycles. The van der Waals surface area contributed by atoms with Crippen LogP contribution in [0.3, 0.4) is 0 Å². The zero-order chi connectivity index (χ0) is 22.6. The van der Waals surface area contributed by atoms with E-state index in [2.05, 4.69) is 0 Å². The van der Waals surface area contributed by atoms with Crippen molar-refractivity contribution in [1.29, 1.82) is 0 Å². The summed E-state index contributed by atoms with van der Waals surface area (Å²) in [4.78, 5) is 27.9. The maximum atomic E-state index is 13.2. The predicted molar refractivity (Wildman–Crippen MR) is 117 cm³/mol. The number of ether oxygens (including phenoxy) is 2. The molecule has 2 aromatic carbocycles. The van der Waals surface area contributed by atoms with Gasteiger partial charge in [-0.1, -0.05) is 12.1 Å². The number of Topliss-reactive ketones (excluding diaryl/α,β-unsaturated/α-hetero) is 1. The minimum Gasteiger partial charge on any atom is -0.507 e. The number of amides is 1. The number of aryl methyl sites for hydroxylation is 3. The number of aliphatic hydroxyl groups excluding tert-OH is 1. The minimum absolute atomic E-state index is 0.0379. The molecular formula is C25H21NO6. The standard InChI is InChI=1S/C25H21NO6/c1-13-4-5-14(2)17(10-13)26-22(19-8-6-15(3)32-19)21(24(28)25(26)29)23(27)16-7-9-18-20(11-16)31-12-30-18/h4-11,22,27H,12H2,1-3H3/b23-21-. The summed E-state index contributed by atoms with van der Waals surface area (Å²) in [6, 6.07) is 13.1. The average Bonchev–Trinajstić information content (AvgIpc) is 3.48. The van der Waals surface area contributed by atoms with Crippen molar-refractivity contribution in [3.8, 4) is 11.5 Å². The molecule has 2 aliphatic heterocycles. The summed E-state index contributed by atoms with van der Waals surface area (Å²) in [5.41, 5.74) is 2.67. The molecule has 0 spiro atoms. The molecular weight excluding hydrogens is 410 g/mol. The van der Waals surface area contributed by atoms with Crippen LogP contribution in [0.2, 0.25) is 0 Å². The van der Waals surface area contributed by atoms with Crippen LogP contribution in [-0.4, -0.2) is 23.6 Å². The van der Waals surface area contributed by atoms with Gasteiger partial charge >= 0.3 is 0 Å². The van der Waals surface area contributed by atoms with E-state index in [-0.39, 0.29) is 18.1 Å². The third kappa shape index (κ3) is 3.05. The normalized spacial score (nSPS) is 19.1. The SMILES string of the molecule is Cc1ccc(C)c(N2C(=O)C(=O)/C(=C(\O)c3ccc4c(c3)OCO4)C2c2ccc(C)o2)c1. The molecule has 1 atom stereocenters. The number of nitrogens with zero attached hydrogens (tertiary/aromatic N) is 1. The fourth-order valence-corrected chi connectivity index (χ4v) is 4.13. The first-order chi connectivity index (χ1) is 15.3. The largest absolute Gasteiger partial charge is 0.507 e. The molecule has 1 N–H and O–H groups in total. The Morgan fingerprint density at radius 3 is 2.50 bits per heavy atom. The second kappa shape index (κ2) is 7.30. The molecule has 7 heteroatoms. The lowest BCUT2D eigenvalue weighted by Crippen LogP contribution is -2.30. The Balaban J connectivity index is 1.72. The van der Waals surface area contributed by atoms with Crippen LogP contribution >= 0.6 is 0 Å². The van der Waals surface area contributed by atoms with Crippen LogP contribution in [0.5, 0.6) is 11.5 Å². The van der Waals surface area contributed by atoms with Gasteiger partial charge in [-0.05, 0) is 68.3 Å². The zero-order valence-corrected chi connectivity index (χ0v) is 17.8. The molecule has 1 saturated heterocycles. The number of aliphatic hydroxyl groups is 1. The van der Waals surface area contributed by atoms with Gasteiger partial charge in [0, 0.05) is 11.3 Å². The molecule has 0 bridgehead atoms. The predicted octanol–water partition coefficient (Wildman–Crippen LogP) is 4.56. The summed E-state index contributed by atoms with van der Waals surface area (Å²) < 4.78 is 16.6. The molecule has 1 unspecified atom stereocenters. The average molecular weight is 431 g/mol. The molecule has 3 heterocycles. The van der Waals surface area contributed by atoms with Crippen LogP contribution in [0, 0.1) is 20.8 Å². The van der Waals surface area contributed by atoms with Crippen molar-refractivity contribution in [1.82, 2.24) is 0 Å². The van der Waals surface area contributed by atoms with Crippen LogP contribution in [0.1, 0.15) is 34.3 Å². The Bertz CT molecular complexity index is 1300. The second-order valence-corrected chi connectivity index (χ2v) is 7.98. The van der Waals surface area contributed by atoms with Gasteiger partial charge in [0.25, 0.3) is 11.7 Å². The highest BCUT2D eigenvalue weighted by molar-refractivity contribution is 6.51. The van der Waals surface area contributed by atoms with Crippen molar-refractivity contribution in [2.75, 3.05) is 11.7 Å². The van der Waals surface area contributed by atoms with E-state index in [4.69, 9.17) is 13.9 Å². The van der Waals surface area contributed by atoms with Crippen LogP contribution in [-0.2, 0) is 9.59 Å². The Hall–Kier alpha value is -4.00. The van der Waals surface area contributed by atoms with Crippen LogP contribution < -0.4 is 14.4 Å². The summed E-state index contributed by atoms with van der Waals surface area (Å²) in [6.45, 7) is 5.66. The van der Waals surface area contributed by atoms with E-state index in [1.54, 1.807) is 37.3 Å². The maximum absolute atomic E-state index is 13.2. The van der Waals surface area contributed by atoms with E-state index in [1.807, 2.05) is 32.0 Å². The van der Waals surface area contributed by atoms with Gasteiger partial charge in [0.15, 0.2) is 11.5 Å². The van der Waals surface area contributed by atoms with Gasteiger partial charge < -0.3 is 19.0 Å². The minimum atomic E-state index is -0.908. The number of anilines is 1. The number of hydrogen-bond acceptors (Lipinski definition) is 6. The molecule has 2 aliphatic rings. The van der Waals surface area contributed by atoms with Gasteiger partial charge in [-0.25, -0.2) is 0 Å². The fourth-order valence-electron chi connectivity index (χ4n) is 4.13. The number of carbonyl (C=O) groups excluding carboxylic acids is 2. The number of furan rings is 1. The van der Waals surface area contributed by atoms with Crippen molar-refractivity contribution < 1.29 is 28.6 Å². The molecule has 1 fully saturated rings. The monoisotopic (exact) mass is 431 g/mol. The van der Waals surface area contributed by atoms with Gasteiger partial charge in [0.2, 0.25) is 6.79 Å². The van der Waals surface area contributed by atoms with E-state index in [9.17, 15) is 14.7 Å². The molecule has 7 nitrogen and oxygen atoms in total. The third-order valence-corrected chi connectivity index (χ3v) is 5.75. The molecule has 1 amide bonds. The number of carbonyl (C=O) groups is 2. The fraction of sp³-hybridized carbons (Fsp3) is 0.200. The van der Waals surface area contributed by atoms with E-state index < -0.39 is 17.7 Å². The topological polar surface area (TPSA) is 89.2 Å². The third-order valence-electron chi connectivity index (χ3n) is 5.75. The van der Waals surface area contributed by atoms with Crippen LogP contribution in [0.15, 0.2) is 58.5 Å². The van der Waals surface area contributed by atoms with Crippen LogP contribution in [0.25, 0.3) is 5.76 Å². The summed E-state index contributed by atoms with van der Waals surface area (Å²) >= 11 is 0. The molecule has 162 valence electrons. The summed E-state index contributed by atoms with van der Waals surface area (Å²) in [7, 11) is 0. The van der Waals surface area contributed by atoms with Crippen molar-refractivity contribution >= 4 is 23.1 Å². The Morgan fingerprint density at radius 1 is 0.969 bits per heavy atom. The van der Waals surface area contributed by atoms with Gasteiger partial charge in [-0.2, -0.15) is 0 Å². The quantitative estimate of drug-likeness (QED) is 0.372. The lowest BCUT2D eigenvalue weighted by Gasteiger charge is -2.25. The molecule has 5 rings (SSSR count). The van der Waals surface area contributed by atoms with Crippen molar-refractivity contribution in [3.63, 3.8) is 0 Å². The number of fused-ring (bicyclic) bond motifs is 1. The van der Waals surface area contributed by atoms with E-state index >= 15 is 0 Å². The second-order valence-electron chi connectivity index (χ2n) is 7.98. The van der Waals surface area contributed by atoms with E-state index in [0.717, 1.165) is 11.1 Å². The van der Waals surface area contributed by atoms with Gasteiger partial charge in [0.05, 0.1) is 5.57 Å². The Labute approximate surface area is 184 Å². The first-order valence-corrected chi connectivity index (χ1v) is 10.2. The number of rotatable bonds is 3.